The molecule has 2 aliphatic rings. The van der Waals surface area contributed by atoms with Gasteiger partial charge in [-0.05, 0) is 26.0 Å². The number of methoxy groups -OCH3 is 3. The number of β-lactam (4-membered cyclic amide) rings is 1. The van der Waals surface area contributed by atoms with Crippen molar-refractivity contribution < 1.29 is 28.6 Å². The predicted molar refractivity (Wildman–Crippen MR) is 98.9 cm³/mol. The van der Waals surface area contributed by atoms with Gasteiger partial charge in [0.2, 0.25) is 5.91 Å². The van der Waals surface area contributed by atoms with Crippen LogP contribution in [0.25, 0.3) is 0 Å². The van der Waals surface area contributed by atoms with Gasteiger partial charge in [-0.1, -0.05) is 6.07 Å². The molecule has 0 saturated carbocycles. The molecule has 1 aromatic rings. The van der Waals surface area contributed by atoms with Crippen molar-refractivity contribution in [3.05, 3.63) is 23.8 Å². The number of hydrogen-bond donors (Lipinski definition) is 1. The van der Waals surface area contributed by atoms with Gasteiger partial charge < -0.3 is 24.4 Å². The Morgan fingerprint density at radius 2 is 1.74 bits per heavy atom. The smallest absolute Gasteiger partial charge is 0.330 e. The Labute approximate surface area is 161 Å². The second-order valence-corrected chi connectivity index (χ2v) is 8.54. The third-order valence-electron chi connectivity index (χ3n) is 4.81. The molecule has 0 aromatic heterocycles. The van der Waals surface area contributed by atoms with Gasteiger partial charge in [-0.2, -0.15) is 0 Å². The molecule has 2 fully saturated rings. The van der Waals surface area contributed by atoms with Crippen LogP contribution in [0.4, 0.5) is 0 Å². The predicted octanol–water partition coefficient (Wildman–Crippen LogP) is 1.04. The average molecular weight is 394 g/mol. The first kappa shape index (κ1) is 19.3. The van der Waals surface area contributed by atoms with Crippen molar-refractivity contribution in [3.63, 3.8) is 0 Å². The van der Waals surface area contributed by atoms with Crippen molar-refractivity contribution in [2.45, 2.75) is 36.1 Å². The molecular weight excluding hydrogens is 372 g/mol. The Balaban J connectivity index is 1.82. The molecule has 27 heavy (non-hydrogen) atoms. The zero-order valence-corrected chi connectivity index (χ0v) is 16.6. The van der Waals surface area contributed by atoms with Crippen molar-refractivity contribution in [2.24, 2.45) is 0 Å². The Morgan fingerprint density at radius 3 is 2.26 bits per heavy atom. The molecule has 146 valence electrons. The number of esters is 1. The molecule has 2 saturated heterocycles. The molecule has 3 atom stereocenters. The molecule has 2 amide bonds. The third-order valence-corrected chi connectivity index (χ3v) is 6.38. The number of ether oxygens (including phenoxy) is 3. The molecule has 1 aromatic carbocycles. The monoisotopic (exact) mass is 394 g/mol. The largest absolute Gasteiger partial charge is 0.496 e. The number of hydrogen-bond acceptors (Lipinski definition) is 7. The summed E-state index contributed by atoms with van der Waals surface area (Å²) in [6, 6.07) is 3.59. The SMILES string of the molecule is COC(=O)C1N2C(=O)C(NC(=O)c3c(OC)cccc3OC)[C@H]2SC1(C)C. The lowest BCUT2D eigenvalue weighted by Crippen LogP contribution is -2.70. The van der Waals surface area contributed by atoms with E-state index in [0.717, 1.165) is 0 Å². The Bertz CT molecular complexity index is 774. The highest BCUT2D eigenvalue weighted by Gasteiger charge is 2.64. The van der Waals surface area contributed by atoms with Crippen LogP contribution in [0.3, 0.4) is 0 Å². The van der Waals surface area contributed by atoms with E-state index in [1.165, 1.54) is 38.0 Å². The lowest BCUT2D eigenvalue weighted by atomic mass is 9.95. The van der Waals surface area contributed by atoms with Crippen LogP contribution in [-0.4, -0.2) is 66.2 Å². The quantitative estimate of drug-likeness (QED) is 0.589. The summed E-state index contributed by atoms with van der Waals surface area (Å²) in [7, 11) is 4.21. The van der Waals surface area contributed by atoms with Crippen LogP contribution in [0, 0.1) is 0 Å². The molecular formula is C18H22N2O6S. The molecule has 0 aliphatic carbocycles. The molecule has 0 radical (unpaired) electrons. The van der Waals surface area contributed by atoms with Crippen LogP contribution in [0.15, 0.2) is 18.2 Å². The molecule has 8 nitrogen and oxygen atoms in total. The molecule has 2 heterocycles. The van der Waals surface area contributed by atoms with E-state index in [0.29, 0.717) is 11.5 Å². The van der Waals surface area contributed by atoms with Gasteiger partial charge in [0.25, 0.3) is 5.91 Å². The van der Waals surface area contributed by atoms with E-state index < -0.39 is 28.7 Å². The molecule has 3 rings (SSSR count). The van der Waals surface area contributed by atoms with Crippen LogP contribution < -0.4 is 14.8 Å². The summed E-state index contributed by atoms with van der Waals surface area (Å²) in [5.74, 6) is -0.540. The minimum Gasteiger partial charge on any atom is -0.496 e. The van der Waals surface area contributed by atoms with Crippen LogP contribution in [0.1, 0.15) is 24.2 Å². The number of rotatable bonds is 5. The van der Waals surface area contributed by atoms with E-state index in [-0.39, 0.29) is 16.8 Å². The van der Waals surface area contributed by atoms with E-state index in [4.69, 9.17) is 14.2 Å². The van der Waals surface area contributed by atoms with Gasteiger partial charge in [0.05, 0.1) is 21.3 Å². The zero-order chi connectivity index (χ0) is 19.9. The fraction of sp³-hybridized carbons (Fsp3) is 0.500. The molecule has 1 N–H and O–H groups in total. The maximum atomic E-state index is 12.8. The van der Waals surface area contributed by atoms with E-state index in [1.54, 1.807) is 18.2 Å². The van der Waals surface area contributed by atoms with Crippen LogP contribution in [0.2, 0.25) is 0 Å². The number of carbonyl (C=O) groups excluding carboxylic acids is 3. The van der Waals surface area contributed by atoms with Crippen LogP contribution >= 0.6 is 11.8 Å². The van der Waals surface area contributed by atoms with Gasteiger partial charge in [-0.25, -0.2) is 4.79 Å². The van der Waals surface area contributed by atoms with Gasteiger partial charge in [0.15, 0.2) is 0 Å². The summed E-state index contributed by atoms with van der Waals surface area (Å²) >= 11 is 1.47. The molecule has 9 heteroatoms. The van der Waals surface area contributed by atoms with Crippen LogP contribution in [-0.2, 0) is 14.3 Å². The van der Waals surface area contributed by atoms with Crippen molar-refractivity contribution in [2.75, 3.05) is 21.3 Å². The Hall–Kier alpha value is -2.42. The normalized spacial score (nSPS) is 25.3. The van der Waals surface area contributed by atoms with Gasteiger partial charge in [0, 0.05) is 4.75 Å². The number of carbonyl (C=O) groups is 3. The first-order chi connectivity index (χ1) is 12.8. The molecule has 2 aliphatic heterocycles. The fourth-order valence-electron chi connectivity index (χ4n) is 3.53. The van der Waals surface area contributed by atoms with Gasteiger partial charge in [-0.15, -0.1) is 11.8 Å². The maximum absolute atomic E-state index is 12.8. The standard InChI is InChI=1S/C18H22N2O6S/c1-18(2)13(17(23)26-5)20-15(22)12(16(20)27-18)19-14(21)11-9(24-3)7-6-8-10(11)25-4/h6-8,12-13,16H,1-5H3,(H,19,21)/t12?,13?,16-/m1/s1. The van der Waals surface area contributed by atoms with E-state index in [9.17, 15) is 14.4 Å². The lowest BCUT2D eigenvalue weighted by Gasteiger charge is -2.43. The van der Waals surface area contributed by atoms with E-state index in [2.05, 4.69) is 5.32 Å². The number of nitrogens with zero attached hydrogens (tertiary/aromatic N) is 1. The molecule has 0 bridgehead atoms. The minimum absolute atomic E-state index is 0.223. The van der Waals surface area contributed by atoms with E-state index in [1.807, 2.05) is 13.8 Å². The number of benzene rings is 1. The number of nitrogens with one attached hydrogen (secondary N) is 1. The van der Waals surface area contributed by atoms with Gasteiger partial charge in [-0.3, -0.25) is 9.59 Å². The topological polar surface area (TPSA) is 94.2 Å². The van der Waals surface area contributed by atoms with Crippen LogP contribution in [0.5, 0.6) is 11.5 Å². The summed E-state index contributed by atoms with van der Waals surface area (Å²) in [6.07, 6.45) is 0. The van der Waals surface area contributed by atoms with Crippen molar-refractivity contribution in [3.8, 4) is 11.5 Å². The average Bonchev–Trinajstić information content (AvgIpc) is 2.92. The summed E-state index contributed by atoms with van der Waals surface area (Å²) in [5, 5.41) is 2.42. The molecule has 0 spiro atoms. The first-order valence-electron chi connectivity index (χ1n) is 8.36. The zero-order valence-electron chi connectivity index (χ0n) is 15.8. The summed E-state index contributed by atoms with van der Waals surface area (Å²) in [5.41, 5.74) is 0.223. The van der Waals surface area contributed by atoms with Crippen molar-refractivity contribution in [1.29, 1.82) is 0 Å². The summed E-state index contributed by atoms with van der Waals surface area (Å²) in [4.78, 5) is 39.1. The highest BCUT2D eigenvalue weighted by atomic mass is 32.2. The first-order valence-corrected chi connectivity index (χ1v) is 9.24. The number of thioether (sulfide) groups is 1. The van der Waals surface area contributed by atoms with Crippen molar-refractivity contribution in [1.82, 2.24) is 10.2 Å². The second kappa shape index (κ2) is 6.95. The summed E-state index contributed by atoms with van der Waals surface area (Å²) in [6.45, 7) is 3.76. The number of amides is 2. The van der Waals surface area contributed by atoms with Crippen molar-refractivity contribution >= 4 is 29.5 Å². The van der Waals surface area contributed by atoms with E-state index >= 15 is 0 Å². The van der Waals surface area contributed by atoms with Gasteiger partial charge in [0.1, 0.15) is 34.5 Å². The highest BCUT2D eigenvalue weighted by Crippen LogP contribution is 2.51. The second-order valence-electron chi connectivity index (χ2n) is 6.77. The Kier molecular flexibility index (Phi) is 4.98. The summed E-state index contributed by atoms with van der Waals surface area (Å²) < 4.78 is 14.8. The fourth-order valence-corrected chi connectivity index (χ4v) is 5.15. The third kappa shape index (κ3) is 2.99. The maximum Gasteiger partial charge on any atom is 0.330 e. The number of fused-ring (bicyclic) bond motifs is 1. The highest BCUT2D eigenvalue weighted by molar-refractivity contribution is 8.01. The molecule has 2 unspecified atom stereocenters. The van der Waals surface area contributed by atoms with Gasteiger partial charge >= 0.3 is 5.97 Å². The Morgan fingerprint density at radius 1 is 1.15 bits per heavy atom. The lowest BCUT2D eigenvalue weighted by molar-refractivity contribution is -0.161. The minimum atomic E-state index is -0.731.